The molecule has 6 nitrogen and oxygen atoms in total. The van der Waals surface area contributed by atoms with Gasteiger partial charge in [0.05, 0.1) is 0 Å². The van der Waals surface area contributed by atoms with Crippen LogP contribution in [0.3, 0.4) is 0 Å². The summed E-state index contributed by atoms with van der Waals surface area (Å²) in [6.07, 6.45) is 2.75. The lowest BCUT2D eigenvalue weighted by Gasteiger charge is -2.30. The minimum absolute atomic E-state index is 0.320. The van der Waals surface area contributed by atoms with Crippen molar-refractivity contribution in [3.05, 3.63) is 11.8 Å². The molecular formula is C12H15N2O4-. The highest BCUT2D eigenvalue weighted by molar-refractivity contribution is 5.94. The minimum Gasteiger partial charge on any atom is -0.550 e. The van der Waals surface area contributed by atoms with E-state index in [0.29, 0.717) is 24.4 Å². The highest BCUT2D eigenvalue weighted by Gasteiger charge is 2.32. The zero-order valence-corrected chi connectivity index (χ0v) is 10.1. The van der Waals surface area contributed by atoms with Crippen LogP contribution in [0.5, 0.6) is 0 Å². The van der Waals surface area contributed by atoms with Crippen molar-refractivity contribution in [1.29, 1.82) is 0 Å². The van der Waals surface area contributed by atoms with Gasteiger partial charge < -0.3 is 19.7 Å². The highest BCUT2D eigenvalue weighted by Crippen LogP contribution is 2.30. The molecule has 98 valence electrons. The molecular weight excluding hydrogens is 236 g/mol. The molecule has 1 fully saturated rings. The van der Waals surface area contributed by atoms with E-state index in [1.165, 1.54) is 0 Å². The van der Waals surface area contributed by atoms with Crippen molar-refractivity contribution in [2.24, 2.45) is 11.8 Å². The molecule has 1 amide bonds. The molecule has 0 aliphatic heterocycles. The number of aryl methyl sites for hydroxylation is 1. The number of carboxylic acids is 1. The molecule has 1 aromatic rings. The van der Waals surface area contributed by atoms with Gasteiger partial charge in [-0.2, -0.15) is 0 Å². The van der Waals surface area contributed by atoms with Crippen molar-refractivity contribution in [3.63, 3.8) is 0 Å². The highest BCUT2D eigenvalue weighted by atomic mass is 16.5. The third-order valence-corrected chi connectivity index (χ3v) is 3.28. The smallest absolute Gasteiger partial charge is 0.229 e. The molecule has 18 heavy (non-hydrogen) atoms. The standard InChI is InChI=1S/C12H16N2O4/c1-7-6-10(14-18-7)13-11(15)8-4-2-3-5-9(8)12(16)17/h6,8-9H,2-5H2,1H3,(H,16,17)(H,13,14,15)/p-1/t8-,9+/m1/s1. The maximum Gasteiger partial charge on any atom is 0.229 e. The maximum absolute atomic E-state index is 12.0. The van der Waals surface area contributed by atoms with Gasteiger partial charge >= 0.3 is 0 Å². The molecule has 6 heteroatoms. The number of nitrogens with zero attached hydrogens (tertiary/aromatic N) is 1. The Morgan fingerprint density at radius 3 is 2.61 bits per heavy atom. The van der Waals surface area contributed by atoms with Gasteiger partial charge in [0.25, 0.3) is 0 Å². The molecule has 0 bridgehead atoms. The quantitative estimate of drug-likeness (QED) is 0.842. The van der Waals surface area contributed by atoms with E-state index in [4.69, 9.17) is 4.52 Å². The van der Waals surface area contributed by atoms with Crippen LogP contribution in [0.15, 0.2) is 10.6 Å². The number of carboxylic acid groups (broad SMARTS) is 1. The van der Waals surface area contributed by atoms with Crippen LogP contribution in [0, 0.1) is 18.8 Å². The van der Waals surface area contributed by atoms with E-state index in [-0.39, 0.29) is 5.91 Å². The second-order valence-corrected chi connectivity index (χ2v) is 4.63. The fourth-order valence-corrected chi connectivity index (χ4v) is 2.37. The summed E-state index contributed by atoms with van der Waals surface area (Å²) in [6, 6.07) is 1.59. The second kappa shape index (κ2) is 5.20. The van der Waals surface area contributed by atoms with Crippen molar-refractivity contribution < 1.29 is 19.2 Å². The van der Waals surface area contributed by atoms with Gasteiger partial charge in [0, 0.05) is 23.9 Å². The molecule has 1 aliphatic rings. The van der Waals surface area contributed by atoms with Crippen molar-refractivity contribution in [3.8, 4) is 0 Å². The zero-order chi connectivity index (χ0) is 13.1. The van der Waals surface area contributed by atoms with Crippen molar-refractivity contribution >= 4 is 17.7 Å². The molecule has 0 unspecified atom stereocenters. The van der Waals surface area contributed by atoms with Crippen LogP contribution in [0.1, 0.15) is 31.4 Å². The Hall–Kier alpha value is -1.85. The average molecular weight is 251 g/mol. The summed E-state index contributed by atoms with van der Waals surface area (Å²) in [5, 5.41) is 17.2. The Morgan fingerprint density at radius 2 is 2.06 bits per heavy atom. The first-order valence-corrected chi connectivity index (χ1v) is 6.03. The predicted octanol–water partition coefficient (Wildman–Crippen LogP) is 0.478. The topological polar surface area (TPSA) is 95.3 Å². The van der Waals surface area contributed by atoms with Crippen LogP contribution in [0.2, 0.25) is 0 Å². The molecule has 1 N–H and O–H groups in total. The average Bonchev–Trinajstić information content (AvgIpc) is 2.74. The lowest BCUT2D eigenvalue weighted by molar-refractivity contribution is -0.313. The van der Waals surface area contributed by atoms with Crippen LogP contribution in [-0.2, 0) is 9.59 Å². The Labute approximate surface area is 104 Å². The molecule has 0 spiro atoms. The predicted molar refractivity (Wildman–Crippen MR) is 60.3 cm³/mol. The lowest BCUT2D eigenvalue weighted by Crippen LogP contribution is -2.42. The first kappa shape index (κ1) is 12.6. The zero-order valence-electron chi connectivity index (χ0n) is 10.1. The van der Waals surface area contributed by atoms with E-state index >= 15 is 0 Å². The summed E-state index contributed by atoms with van der Waals surface area (Å²) in [7, 11) is 0. The van der Waals surface area contributed by atoms with Gasteiger partial charge in [0.2, 0.25) is 5.91 Å². The monoisotopic (exact) mass is 251 g/mol. The summed E-state index contributed by atoms with van der Waals surface area (Å²) >= 11 is 0. The Bertz CT molecular complexity index is 455. The number of carbonyl (C=O) groups is 2. The van der Waals surface area contributed by atoms with Gasteiger partial charge in [0.1, 0.15) is 5.76 Å². The van der Waals surface area contributed by atoms with Crippen LogP contribution in [-0.4, -0.2) is 17.0 Å². The fourth-order valence-electron chi connectivity index (χ4n) is 2.37. The minimum atomic E-state index is -1.15. The molecule has 1 aliphatic carbocycles. The first-order chi connectivity index (χ1) is 8.58. The van der Waals surface area contributed by atoms with Gasteiger partial charge in [-0.05, 0) is 19.8 Å². The van der Waals surface area contributed by atoms with E-state index in [0.717, 1.165) is 12.8 Å². The van der Waals surface area contributed by atoms with Crippen LogP contribution in [0.25, 0.3) is 0 Å². The summed E-state index contributed by atoms with van der Waals surface area (Å²) in [5.74, 6) is -1.80. The van der Waals surface area contributed by atoms with Crippen LogP contribution < -0.4 is 10.4 Å². The number of anilines is 1. The van der Waals surface area contributed by atoms with Gasteiger partial charge in [-0.25, -0.2) is 0 Å². The molecule has 2 atom stereocenters. The summed E-state index contributed by atoms with van der Waals surface area (Å²) in [5.41, 5.74) is 0. The lowest BCUT2D eigenvalue weighted by atomic mass is 9.79. The molecule has 1 aromatic heterocycles. The number of aromatic nitrogens is 1. The number of carbonyl (C=O) groups excluding carboxylic acids is 2. The van der Waals surface area contributed by atoms with E-state index in [1.807, 2.05) is 0 Å². The van der Waals surface area contributed by atoms with Gasteiger partial charge in [-0.15, -0.1) is 0 Å². The normalized spacial score (nSPS) is 23.6. The van der Waals surface area contributed by atoms with Crippen molar-refractivity contribution in [1.82, 2.24) is 5.16 Å². The SMILES string of the molecule is Cc1cc(NC(=O)[C@@H]2CCCC[C@@H]2C(=O)[O-])no1. The third-order valence-electron chi connectivity index (χ3n) is 3.28. The van der Waals surface area contributed by atoms with Gasteiger partial charge in [0.15, 0.2) is 5.82 Å². The molecule has 1 saturated carbocycles. The molecule has 0 radical (unpaired) electrons. The Kier molecular flexibility index (Phi) is 3.64. The number of rotatable bonds is 3. The number of hydrogen-bond acceptors (Lipinski definition) is 5. The van der Waals surface area contributed by atoms with Gasteiger partial charge in [-0.3, -0.25) is 4.79 Å². The van der Waals surface area contributed by atoms with E-state index in [1.54, 1.807) is 13.0 Å². The number of hydrogen-bond donors (Lipinski definition) is 1. The largest absolute Gasteiger partial charge is 0.550 e. The summed E-state index contributed by atoms with van der Waals surface area (Å²) in [4.78, 5) is 23.0. The summed E-state index contributed by atoms with van der Waals surface area (Å²) < 4.78 is 4.83. The second-order valence-electron chi connectivity index (χ2n) is 4.63. The fraction of sp³-hybridized carbons (Fsp3) is 0.583. The Morgan fingerprint density at radius 1 is 1.39 bits per heavy atom. The molecule has 0 aromatic carbocycles. The van der Waals surface area contributed by atoms with E-state index < -0.39 is 17.8 Å². The maximum atomic E-state index is 12.0. The van der Waals surface area contributed by atoms with Crippen LogP contribution >= 0.6 is 0 Å². The van der Waals surface area contributed by atoms with Crippen LogP contribution in [0.4, 0.5) is 5.82 Å². The molecule has 1 heterocycles. The van der Waals surface area contributed by atoms with E-state index in [2.05, 4.69) is 10.5 Å². The number of aliphatic carboxylic acids is 1. The third kappa shape index (κ3) is 2.69. The van der Waals surface area contributed by atoms with Crippen molar-refractivity contribution in [2.75, 3.05) is 5.32 Å². The molecule has 2 rings (SSSR count). The van der Waals surface area contributed by atoms with E-state index in [9.17, 15) is 14.7 Å². The summed E-state index contributed by atoms with van der Waals surface area (Å²) in [6.45, 7) is 1.72. The number of amides is 1. The molecule has 0 saturated heterocycles. The van der Waals surface area contributed by atoms with Crippen molar-refractivity contribution in [2.45, 2.75) is 32.6 Å². The Balaban J connectivity index is 2.04. The number of nitrogens with one attached hydrogen (secondary N) is 1. The van der Waals surface area contributed by atoms with Gasteiger partial charge in [-0.1, -0.05) is 18.0 Å². The first-order valence-electron chi connectivity index (χ1n) is 6.03.